The Balaban J connectivity index is 1.43. The number of ketones is 1. The molecule has 7 nitrogen and oxygen atoms in total. The van der Waals surface area contributed by atoms with E-state index >= 15 is 0 Å². The predicted molar refractivity (Wildman–Crippen MR) is 121 cm³/mol. The number of fused-ring (bicyclic) bond motifs is 1. The van der Waals surface area contributed by atoms with E-state index in [0.29, 0.717) is 11.0 Å². The van der Waals surface area contributed by atoms with Crippen LogP contribution in [0.1, 0.15) is 29.2 Å². The average Bonchev–Trinajstić information content (AvgIpc) is 3.32. The van der Waals surface area contributed by atoms with Crippen molar-refractivity contribution in [3.05, 3.63) is 66.1 Å². The van der Waals surface area contributed by atoms with Gasteiger partial charge in [0.25, 0.3) is 0 Å². The van der Waals surface area contributed by atoms with Crippen molar-refractivity contribution in [2.24, 2.45) is 14.1 Å². The highest BCUT2D eigenvalue weighted by molar-refractivity contribution is 7.99. The average molecular weight is 437 g/mol. The molecule has 0 saturated carbocycles. The zero-order valence-electron chi connectivity index (χ0n) is 17.9. The number of nitrogens with zero attached hydrogens (tertiary/aromatic N) is 4. The third-order valence-electron chi connectivity index (χ3n) is 5.13. The summed E-state index contributed by atoms with van der Waals surface area (Å²) in [6, 6.07) is 15.3. The molecule has 1 atom stereocenters. The Morgan fingerprint density at radius 1 is 1.06 bits per heavy atom. The number of hydrogen-bond acceptors (Lipinski definition) is 6. The number of thioether (sulfide) groups is 1. The smallest absolute Gasteiger partial charge is 0.191 e. The van der Waals surface area contributed by atoms with Gasteiger partial charge >= 0.3 is 0 Å². The van der Waals surface area contributed by atoms with Crippen LogP contribution < -0.4 is 9.47 Å². The molecule has 0 amide bonds. The summed E-state index contributed by atoms with van der Waals surface area (Å²) in [7, 11) is 5.46. The molecule has 31 heavy (non-hydrogen) atoms. The van der Waals surface area contributed by atoms with Crippen molar-refractivity contribution < 1.29 is 14.3 Å². The van der Waals surface area contributed by atoms with Gasteiger partial charge in [-0.25, -0.2) is 0 Å². The van der Waals surface area contributed by atoms with Crippen LogP contribution >= 0.6 is 11.8 Å². The van der Waals surface area contributed by atoms with E-state index in [-0.39, 0.29) is 17.6 Å². The number of carbonyl (C=O) groups is 1. The lowest BCUT2D eigenvalue weighted by atomic mass is 10.1. The molecule has 8 heteroatoms. The van der Waals surface area contributed by atoms with E-state index in [1.54, 1.807) is 7.11 Å². The van der Waals surface area contributed by atoms with Crippen LogP contribution in [0.25, 0.3) is 10.9 Å². The van der Waals surface area contributed by atoms with Crippen molar-refractivity contribution in [3.63, 3.8) is 0 Å². The summed E-state index contributed by atoms with van der Waals surface area (Å²) < 4.78 is 15.0. The molecule has 0 aliphatic rings. The molecule has 4 aromatic rings. The normalized spacial score (nSPS) is 12.1. The minimum absolute atomic E-state index is 0.0638. The molecule has 160 valence electrons. The van der Waals surface area contributed by atoms with E-state index in [1.807, 2.05) is 84.9 Å². The van der Waals surface area contributed by atoms with Gasteiger partial charge in [0.05, 0.1) is 12.9 Å². The monoisotopic (exact) mass is 436 g/mol. The molecule has 2 aromatic heterocycles. The van der Waals surface area contributed by atoms with Crippen molar-refractivity contribution in [3.8, 4) is 11.5 Å². The largest absolute Gasteiger partial charge is 0.497 e. The highest BCUT2D eigenvalue weighted by Gasteiger charge is 2.19. The standard InChI is InChI=1S/C23H24N4O3S/c1-15(30-17-11-9-16(29-4)10-12-17)22-24-25-23(27(22)3)31-14-21(28)19-13-26(2)20-8-6-5-7-18(19)20/h5-13,15H,14H2,1-4H3. The van der Waals surface area contributed by atoms with Gasteiger partial charge in [-0.1, -0.05) is 30.0 Å². The third-order valence-corrected chi connectivity index (χ3v) is 6.15. The van der Waals surface area contributed by atoms with Crippen LogP contribution in [0.3, 0.4) is 0 Å². The highest BCUT2D eigenvalue weighted by atomic mass is 32.2. The van der Waals surface area contributed by atoms with Gasteiger partial charge in [-0.15, -0.1) is 10.2 Å². The molecule has 2 aromatic carbocycles. The molecule has 4 rings (SSSR count). The summed E-state index contributed by atoms with van der Waals surface area (Å²) in [5.41, 5.74) is 1.77. The van der Waals surface area contributed by atoms with Crippen LogP contribution in [0.2, 0.25) is 0 Å². The zero-order valence-corrected chi connectivity index (χ0v) is 18.7. The van der Waals surface area contributed by atoms with Crippen molar-refractivity contribution >= 4 is 28.4 Å². The van der Waals surface area contributed by atoms with E-state index in [1.165, 1.54) is 11.8 Å². The second kappa shape index (κ2) is 8.85. The van der Waals surface area contributed by atoms with Gasteiger partial charge in [-0.2, -0.15) is 0 Å². The molecule has 0 aliphatic carbocycles. The Morgan fingerprint density at radius 2 is 1.77 bits per heavy atom. The van der Waals surface area contributed by atoms with Crippen molar-refractivity contribution in [1.82, 2.24) is 19.3 Å². The van der Waals surface area contributed by atoms with Gasteiger partial charge < -0.3 is 18.6 Å². The fourth-order valence-corrected chi connectivity index (χ4v) is 4.29. The van der Waals surface area contributed by atoms with Crippen molar-refractivity contribution in [2.45, 2.75) is 18.2 Å². The van der Waals surface area contributed by atoms with Crippen LogP contribution in [-0.2, 0) is 14.1 Å². The SMILES string of the molecule is COc1ccc(OC(C)c2nnc(SCC(=O)c3cn(C)c4ccccc34)n2C)cc1. The first-order valence-electron chi connectivity index (χ1n) is 9.88. The first kappa shape index (κ1) is 21.0. The summed E-state index contributed by atoms with van der Waals surface area (Å²) in [5, 5.41) is 10.2. The number of carbonyl (C=O) groups excluding carboxylic acids is 1. The number of ether oxygens (including phenoxy) is 2. The molecule has 0 spiro atoms. The molecule has 0 aliphatic heterocycles. The topological polar surface area (TPSA) is 71.2 Å². The zero-order chi connectivity index (χ0) is 22.0. The van der Waals surface area contributed by atoms with E-state index in [9.17, 15) is 4.79 Å². The number of Topliss-reactive ketones (excluding diaryl/α,β-unsaturated/α-hetero) is 1. The van der Waals surface area contributed by atoms with E-state index in [0.717, 1.165) is 28.0 Å². The Kier molecular flexibility index (Phi) is 5.99. The second-order valence-corrected chi connectivity index (χ2v) is 8.16. The molecular weight excluding hydrogens is 412 g/mol. The number of para-hydroxylation sites is 1. The van der Waals surface area contributed by atoms with Gasteiger partial charge in [-0.05, 0) is 37.3 Å². The molecule has 0 radical (unpaired) electrons. The van der Waals surface area contributed by atoms with Crippen molar-refractivity contribution in [2.75, 3.05) is 12.9 Å². The number of rotatable bonds is 8. The van der Waals surface area contributed by atoms with Crippen molar-refractivity contribution in [1.29, 1.82) is 0 Å². The summed E-state index contributed by atoms with van der Waals surface area (Å²) in [6.45, 7) is 1.92. The Morgan fingerprint density at radius 3 is 2.52 bits per heavy atom. The number of methoxy groups -OCH3 is 1. The molecular formula is C23H24N4O3S. The molecule has 0 fully saturated rings. The maximum atomic E-state index is 12.9. The molecule has 0 saturated heterocycles. The van der Waals surface area contributed by atoms with E-state index in [2.05, 4.69) is 10.2 Å². The lowest BCUT2D eigenvalue weighted by Crippen LogP contribution is -2.10. The summed E-state index contributed by atoms with van der Waals surface area (Å²) in [4.78, 5) is 12.9. The highest BCUT2D eigenvalue weighted by Crippen LogP contribution is 2.27. The summed E-state index contributed by atoms with van der Waals surface area (Å²) in [5.74, 6) is 2.53. The van der Waals surface area contributed by atoms with Crippen LogP contribution in [0.5, 0.6) is 11.5 Å². The summed E-state index contributed by atoms with van der Waals surface area (Å²) >= 11 is 1.38. The second-order valence-electron chi connectivity index (χ2n) is 7.22. The third kappa shape index (κ3) is 4.29. The van der Waals surface area contributed by atoms with Crippen LogP contribution in [0.15, 0.2) is 59.9 Å². The van der Waals surface area contributed by atoms with Crippen LogP contribution in [0.4, 0.5) is 0 Å². The van der Waals surface area contributed by atoms with Gasteiger partial charge in [-0.3, -0.25) is 4.79 Å². The van der Waals surface area contributed by atoms with Gasteiger partial charge in [0.15, 0.2) is 22.9 Å². The van der Waals surface area contributed by atoms with Crippen LogP contribution in [0, 0.1) is 0 Å². The number of aryl methyl sites for hydroxylation is 1. The maximum absolute atomic E-state index is 12.9. The minimum Gasteiger partial charge on any atom is -0.497 e. The van der Waals surface area contributed by atoms with Gasteiger partial charge in [0.2, 0.25) is 0 Å². The molecule has 0 N–H and O–H groups in total. The predicted octanol–water partition coefficient (Wildman–Crippen LogP) is 4.43. The fourth-order valence-electron chi connectivity index (χ4n) is 3.49. The summed E-state index contributed by atoms with van der Waals surface area (Å²) in [6.07, 6.45) is 1.59. The number of aromatic nitrogens is 4. The Bertz CT molecular complexity index is 1210. The molecule has 0 bridgehead atoms. The molecule has 1 unspecified atom stereocenters. The Labute approximate surface area is 185 Å². The quantitative estimate of drug-likeness (QED) is 0.301. The number of hydrogen-bond donors (Lipinski definition) is 0. The lowest BCUT2D eigenvalue weighted by Gasteiger charge is -2.14. The Hall–Kier alpha value is -3.26. The first-order valence-corrected chi connectivity index (χ1v) is 10.9. The number of benzene rings is 2. The van der Waals surface area contributed by atoms with E-state index in [4.69, 9.17) is 9.47 Å². The maximum Gasteiger partial charge on any atom is 0.191 e. The minimum atomic E-state index is -0.297. The lowest BCUT2D eigenvalue weighted by molar-refractivity contribution is 0.102. The van der Waals surface area contributed by atoms with Gasteiger partial charge in [0.1, 0.15) is 11.5 Å². The molecule has 2 heterocycles. The fraction of sp³-hybridized carbons (Fsp3) is 0.261. The van der Waals surface area contributed by atoms with Gasteiger partial charge in [0, 0.05) is 36.8 Å². The van der Waals surface area contributed by atoms with Crippen LogP contribution in [-0.4, -0.2) is 38.0 Å². The first-order chi connectivity index (χ1) is 15.0. The van der Waals surface area contributed by atoms with E-state index < -0.39 is 0 Å².